The molecule has 36 heavy (non-hydrogen) atoms. The minimum atomic E-state index is -0.791. The van der Waals surface area contributed by atoms with Gasteiger partial charge in [-0.15, -0.1) is 0 Å². The van der Waals surface area contributed by atoms with Crippen molar-refractivity contribution in [3.05, 3.63) is 70.7 Å². The average molecular weight is 500 g/mol. The van der Waals surface area contributed by atoms with Crippen LogP contribution in [-0.2, 0) is 29.1 Å². The SMILES string of the molecule is O=C(O)CC1CCN(CC(=O)N2CCc3c(n(Cc4ccc(F)cc4F)c4c(F)cccc34)C2)CC1. The number of halogens is 3. The highest BCUT2D eigenvalue weighted by Crippen LogP contribution is 2.33. The fraction of sp³-hybridized carbons (Fsp3) is 0.407. The van der Waals surface area contributed by atoms with Gasteiger partial charge < -0.3 is 14.6 Å². The van der Waals surface area contributed by atoms with Crippen LogP contribution >= 0.6 is 0 Å². The molecule has 0 radical (unpaired) electrons. The number of fused-ring (bicyclic) bond motifs is 3. The van der Waals surface area contributed by atoms with E-state index >= 15 is 0 Å². The molecule has 6 nitrogen and oxygen atoms in total. The monoisotopic (exact) mass is 499 g/mol. The molecule has 1 fully saturated rings. The Balaban J connectivity index is 1.37. The molecule has 1 saturated heterocycles. The van der Waals surface area contributed by atoms with Gasteiger partial charge in [0.15, 0.2) is 0 Å². The molecule has 3 heterocycles. The van der Waals surface area contributed by atoms with Crippen LogP contribution in [0.4, 0.5) is 13.2 Å². The standard InChI is InChI=1S/C27H28F3N3O3/c28-19-5-4-18(23(30)13-19)14-33-24-15-32(11-8-20(24)21-2-1-3-22(29)27(21)33)25(34)16-31-9-6-17(7-10-31)12-26(35)36/h1-5,13,17H,6-12,14-16H2,(H,35,36). The summed E-state index contributed by atoms with van der Waals surface area (Å²) < 4.78 is 44.6. The lowest BCUT2D eigenvalue weighted by molar-refractivity contribution is -0.139. The van der Waals surface area contributed by atoms with E-state index in [0.717, 1.165) is 35.6 Å². The highest BCUT2D eigenvalue weighted by Gasteiger charge is 2.30. The Morgan fingerprint density at radius 2 is 1.78 bits per heavy atom. The van der Waals surface area contributed by atoms with Crippen molar-refractivity contribution in [1.29, 1.82) is 0 Å². The van der Waals surface area contributed by atoms with E-state index < -0.39 is 23.4 Å². The predicted molar refractivity (Wildman–Crippen MR) is 128 cm³/mol. The average Bonchev–Trinajstić information content (AvgIpc) is 3.16. The van der Waals surface area contributed by atoms with E-state index in [1.807, 2.05) is 6.07 Å². The maximum atomic E-state index is 15.0. The summed E-state index contributed by atoms with van der Waals surface area (Å²) in [5.41, 5.74) is 2.32. The number of carbonyl (C=O) groups is 2. The van der Waals surface area contributed by atoms with E-state index in [2.05, 4.69) is 4.90 Å². The van der Waals surface area contributed by atoms with Crippen molar-refractivity contribution >= 4 is 22.8 Å². The lowest BCUT2D eigenvalue weighted by Crippen LogP contribution is -2.45. The number of para-hydroxylation sites is 1. The van der Waals surface area contributed by atoms with Gasteiger partial charge in [-0.3, -0.25) is 14.5 Å². The van der Waals surface area contributed by atoms with Gasteiger partial charge in [0.1, 0.15) is 17.5 Å². The Kier molecular flexibility index (Phi) is 6.75. The number of carboxylic acid groups (broad SMARTS) is 1. The number of nitrogens with zero attached hydrogens (tertiary/aromatic N) is 3. The topological polar surface area (TPSA) is 65.8 Å². The van der Waals surface area contributed by atoms with Crippen LogP contribution in [-0.4, -0.2) is 57.5 Å². The zero-order chi connectivity index (χ0) is 25.4. The first-order valence-electron chi connectivity index (χ1n) is 12.2. The third kappa shape index (κ3) is 4.84. The number of amides is 1. The molecule has 0 saturated carbocycles. The number of carboxylic acids is 1. The largest absolute Gasteiger partial charge is 0.481 e. The van der Waals surface area contributed by atoms with Gasteiger partial charge in [0.05, 0.1) is 25.2 Å². The van der Waals surface area contributed by atoms with Crippen molar-refractivity contribution in [2.75, 3.05) is 26.2 Å². The summed E-state index contributed by atoms with van der Waals surface area (Å²) >= 11 is 0. The van der Waals surface area contributed by atoms with Crippen molar-refractivity contribution in [2.24, 2.45) is 5.92 Å². The Bertz CT molecular complexity index is 1310. The summed E-state index contributed by atoms with van der Waals surface area (Å²) in [6.07, 6.45) is 2.22. The van der Waals surface area contributed by atoms with Crippen molar-refractivity contribution < 1.29 is 27.9 Å². The van der Waals surface area contributed by atoms with Crippen LogP contribution in [0.2, 0.25) is 0 Å². The summed E-state index contributed by atoms with van der Waals surface area (Å²) in [4.78, 5) is 27.9. The molecule has 2 aliphatic heterocycles. The highest BCUT2D eigenvalue weighted by atomic mass is 19.1. The van der Waals surface area contributed by atoms with E-state index in [-0.39, 0.29) is 43.4 Å². The maximum Gasteiger partial charge on any atom is 0.303 e. The van der Waals surface area contributed by atoms with Gasteiger partial charge in [0.2, 0.25) is 5.91 Å². The number of piperidine rings is 1. The molecule has 2 aromatic carbocycles. The molecule has 0 bridgehead atoms. The summed E-state index contributed by atoms with van der Waals surface area (Å²) in [6.45, 7) is 2.41. The van der Waals surface area contributed by atoms with E-state index in [0.29, 0.717) is 31.6 Å². The Morgan fingerprint density at radius 1 is 1.00 bits per heavy atom. The van der Waals surface area contributed by atoms with Crippen molar-refractivity contribution in [3.63, 3.8) is 0 Å². The van der Waals surface area contributed by atoms with Gasteiger partial charge in [-0.1, -0.05) is 18.2 Å². The fourth-order valence-electron chi connectivity index (χ4n) is 5.55. The van der Waals surface area contributed by atoms with Crippen LogP contribution in [0, 0.1) is 23.4 Å². The minimum Gasteiger partial charge on any atom is -0.481 e. The number of hydrogen-bond acceptors (Lipinski definition) is 3. The van der Waals surface area contributed by atoms with Gasteiger partial charge in [-0.25, -0.2) is 13.2 Å². The lowest BCUT2D eigenvalue weighted by Gasteiger charge is -2.34. The number of rotatable bonds is 6. The predicted octanol–water partition coefficient (Wildman–Crippen LogP) is 4.18. The van der Waals surface area contributed by atoms with E-state index in [1.54, 1.807) is 15.5 Å². The quantitative estimate of drug-likeness (QED) is 0.553. The van der Waals surface area contributed by atoms with Crippen LogP contribution in [0.1, 0.15) is 36.1 Å². The van der Waals surface area contributed by atoms with Crippen molar-refractivity contribution in [1.82, 2.24) is 14.4 Å². The first kappa shape index (κ1) is 24.4. The van der Waals surface area contributed by atoms with Crippen LogP contribution in [0.25, 0.3) is 10.9 Å². The van der Waals surface area contributed by atoms with E-state index in [1.165, 1.54) is 18.2 Å². The number of hydrogen-bond donors (Lipinski definition) is 1. The molecule has 9 heteroatoms. The number of likely N-dealkylation sites (tertiary alicyclic amines) is 1. The molecule has 1 amide bonds. The number of carbonyl (C=O) groups excluding carboxylic acids is 1. The third-order valence-corrected chi connectivity index (χ3v) is 7.45. The lowest BCUT2D eigenvalue weighted by atomic mass is 9.93. The first-order valence-corrected chi connectivity index (χ1v) is 12.2. The number of benzene rings is 2. The smallest absolute Gasteiger partial charge is 0.303 e. The highest BCUT2D eigenvalue weighted by molar-refractivity contribution is 5.87. The molecule has 0 spiro atoms. The van der Waals surface area contributed by atoms with Crippen molar-refractivity contribution in [2.45, 2.75) is 38.8 Å². The molecule has 1 aromatic heterocycles. The maximum absolute atomic E-state index is 15.0. The van der Waals surface area contributed by atoms with Crippen LogP contribution in [0.3, 0.4) is 0 Å². The molecular formula is C27H28F3N3O3. The molecule has 3 aromatic rings. The molecular weight excluding hydrogens is 471 g/mol. The fourth-order valence-corrected chi connectivity index (χ4v) is 5.55. The van der Waals surface area contributed by atoms with E-state index in [4.69, 9.17) is 5.11 Å². The molecule has 5 rings (SSSR count). The number of aliphatic carboxylic acids is 1. The van der Waals surface area contributed by atoms with Gasteiger partial charge in [-0.05, 0) is 56.0 Å². The van der Waals surface area contributed by atoms with Gasteiger partial charge in [0.25, 0.3) is 0 Å². The molecule has 0 atom stereocenters. The zero-order valence-corrected chi connectivity index (χ0v) is 19.9. The first-order chi connectivity index (χ1) is 17.3. The Labute approximate surface area is 206 Å². The summed E-state index contributed by atoms with van der Waals surface area (Å²) in [5, 5.41) is 9.75. The summed E-state index contributed by atoms with van der Waals surface area (Å²) in [5.74, 6) is -2.48. The zero-order valence-electron chi connectivity index (χ0n) is 19.9. The molecule has 0 unspecified atom stereocenters. The molecule has 190 valence electrons. The second-order valence-electron chi connectivity index (χ2n) is 9.77. The third-order valence-electron chi connectivity index (χ3n) is 7.45. The van der Waals surface area contributed by atoms with Crippen LogP contribution < -0.4 is 0 Å². The van der Waals surface area contributed by atoms with Crippen LogP contribution in [0.5, 0.6) is 0 Å². The molecule has 1 N–H and O–H groups in total. The molecule has 2 aliphatic rings. The second-order valence-corrected chi connectivity index (χ2v) is 9.77. The Hall–Kier alpha value is -3.33. The minimum absolute atomic E-state index is 0.0258. The van der Waals surface area contributed by atoms with Gasteiger partial charge in [0, 0.05) is 35.7 Å². The molecule has 0 aliphatic carbocycles. The van der Waals surface area contributed by atoms with Gasteiger partial charge >= 0.3 is 5.97 Å². The van der Waals surface area contributed by atoms with E-state index in [9.17, 15) is 22.8 Å². The van der Waals surface area contributed by atoms with Crippen LogP contribution in [0.15, 0.2) is 36.4 Å². The van der Waals surface area contributed by atoms with Gasteiger partial charge in [-0.2, -0.15) is 0 Å². The van der Waals surface area contributed by atoms with Crippen molar-refractivity contribution in [3.8, 4) is 0 Å². The normalized spacial score (nSPS) is 16.9. The second kappa shape index (κ2) is 9.97. The summed E-state index contributed by atoms with van der Waals surface area (Å²) in [7, 11) is 0. The number of aromatic nitrogens is 1. The summed E-state index contributed by atoms with van der Waals surface area (Å²) in [6, 6.07) is 8.22. The Morgan fingerprint density at radius 3 is 2.50 bits per heavy atom.